The van der Waals surface area contributed by atoms with Gasteiger partial charge in [-0.05, 0) is 24.8 Å². The molecule has 11 heteroatoms. The average Bonchev–Trinajstić information content (AvgIpc) is 3.15. The predicted octanol–water partition coefficient (Wildman–Crippen LogP) is 3.23. The van der Waals surface area contributed by atoms with Crippen molar-refractivity contribution in [2.75, 3.05) is 6.54 Å². The number of halogens is 3. The maximum atomic E-state index is 14.5. The van der Waals surface area contributed by atoms with E-state index in [0.29, 0.717) is 18.7 Å². The molecule has 1 aliphatic rings. The van der Waals surface area contributed by atoms with Crippen molar-refractivity contribution in [2.45, 2.75) is 45.1 Å². The van der Waals surface area contributed by atoms with Crippen molar-refractivity contribution in [3.05, 3.63) is 53.9 Å². The van der Waals surface area contributed by atoms with Crippen LogP contribution in [0.4, 0.5) is 13.2 Å². The summed E-state index contributed by atoms with van der Waals surface area (Å²) in [6, 6.07) is -0.453. The molecule has 0 unspecified atom stereocenters. The number of aromatic nitrogens is 6. The molecule has 0 aliphatic carbocycles. The lowest BCUT2D eigenvalue weighted by Gasteiger charge is -2.43. The van der Waals surface area contributed by atoms with Crippen molar-refractivity contribution >= 4 is 5.91 Å². The summed E-state index contributed by atoms with van der Waals surface area (Å²) in [5.41, 5.74) is 1.13. The van der Waals surface area contributed by atoms with Crippen LogP contribution < -0.4 is 0 Å². The lowest BCUT2D eigenvalue weighted by atomic mass is 9.85. The summed E-state index contributed by atoms with van der Waals surface area (Å²) in [7, 11) is 1.60. The molecule has 1 amide bonds. The van der Waals surface area contributed by atoms with E-state index in [9.17, 15) is 18.0 Å². The Labute approximate surface area is 188 Å². The van der Waals surface area contributed by atoms with Crippen LogP contribution in [-0.2, 0) is 13.5 Å². The van der Waals surface area contributed by atoms with Crippen molar-refractivity contribution in [3.8, 4) is 11.4 Å². The van der Waals surface area contributed by atoms with Gasteiger partial charge >= 0.3 is 0 Å². The molecule has 4 heterocycles. The highest BCUT2D eigenvalue weighted by molar-refractivity contribution is 5.98. The van der Waals surface area contributed by atoms with E-state index < -0.39 is 36.2 Å². The Hall–Kier alpha value is -3.37. The summed E-state index contributed by atoms with van der Waals surface area (Å²) in [5, 5.41) is 4.20. The second kappa shape index (κ2) is 8.87. The second-order valence-electron chi connectivity index (χ2n) is 8.54. The molecule has 0 N–H and O–H groups in total. The molecule has 0 radical (unpaired) electrons. The number of alkyl halides is 2. The molecular weight excluding hydrogens is 435 g/mol. The third kappa shape index (κ3) is 5.01. The van der Waals surface area contributed by atoms with E-state index in [1.54, 1.807) is 26.4 Å². The van der Waals surface area contributed by atoms with Crippen molar-refractivity contribution in [1.82, 2.24) is 34.6 Å². The Balaban J connectivity index is 1.64. The lowest BCUT2D eigenvalue weighted by Crippen LogP contribution is -2.55. The number of aryl methyl sites for hydroxylation is 3. The second-order valence-corrected chi connectivity index (χ2v) is 8.54. The zero-order valence-corrected chi connectivity index (χ0v) is 18.5. The first kappa shape index (κ1) is 22.8. The number of nitrogens with zero attached hydrogens (tertiary/aromatic N) is 7. The average molecular weight is 459 g/mol. The molecule has 8 nitrogen and oxygen atoms in total. The predicted molar refractivity (Wildman–Crippen MR) is 113 cm³/mol. The van der Waals surface area contributed by atoms with Crippen LogP contribution in [-0.4, -0.2) is 59.0 Å². The third-order valence-corrected chi connectivity index (χ3v) is 5.73. The number of carbonyl (C=O) groups excluding carboxylic acids is 1. The molecular formula is C22H24F3N7O. The molecule has 1 aliphatic heterocycles. The Morgan fingerprint density at radius 2 is 1.82 bits per heavy atom. The highest BCUT2D eigenvalue weighted by Crippen LogP contribution is 2.37. The van der Waals surface area contributed by atoms with Crippen molar-refractivity contribution in [1.29, 1.82) is 0 Å². The van der Waals surface area contributed by atoms with Crippen LogP contribution in [0.15, 0.2) is 31.0 Å². The van der Waals surface area contributed by atoms with Gasteiger partial charge in [0.2, 0.25) is 0 Å². The van der Waals surface area contributed by atoms with E-state index in [4.69, 9.17) is 0 Å². The van der Waals surface area contributed by atoms with Crippen LogP contribution in [0.3, 0.4) is 0 Å². The van der Waals surface area contributed by atoms with Gasteiger partial charge < -0.3 is 4.90 Å². The normalized spacial score (nSPS) is 20.1. The molecule has 1 saturated heterocycles. The number of hydrogen-bond acceptors (Lipinski definition) is 6. The van der Waals surface area contributed by atoms with Crippen LogP contribution in [0.2, 0.25) is 0 Å². The van der Waals surface area contributed by atoms with Gasteiger partial charge in [-0.1, -0.05) is 6.92 Å². The minimum atomic E-state index is -3.02. The largest absolute Gasteiger partial charge is 0.328 e. The minimum absolute atomic E-state index is 0.0504. The highest BCUT2D eigenvalue weighted by Gasteiger charge is 2.46. The summed E-state index contributed by atoms with van der Waals surface area (Å²) in [6.45, 7) is 2.89. The summed E-state index contributed by atoms with van der Waals surface area (Å²) < 4.78 is 43.7. The van der Waals surface area contributed by atoms with Crippen LogP contribution in [0.25, 0.3) is 11.4 Å². The SMILES string of the molecule is Cc1cnc(CC[C@@H]2[C@H](C)CC(F)(F)CN2C(=O)c2nn(C)cc2-c2ncc(F)cn2)nc1. The molecule has 4 rings (SSSR count). The zero-order chi connectivity index (χ0) is 23.8. The Kier molecular flexibility index (Phi) is 6.13. The monoisotopic (exact) mass is 459 g/mol. The standard InChI is InChI=1S/C22H24F3N7O/c1-13-7-26-18(27-8-13)5-4-17-14(2)6-22(24,25)12-32(17)21(33)19-16(11-31(3)30-19)20-28-9-15(23)10-29-20/h7-11,14,17H,4-6,12H2,1-3H3/t14-,17-/m1/s1. The Morgan fingerprint density at radius 3 is 2.48 bits per heavy atom. The summed E-state index contributed by atoms with van der Waals surface area (Å²) in [5.74, 6) is -4.05. The maximum absolute atomic E-state index is 14.5. The summed E-state index contributed by atoms with van der Waals surface area (Å²) >= 11 is 0. The van der Waals surface area contributed by atoms with Gasteiger partial charge in [0.1, 0.15) is 5.82 Å². The molecule has 0 saturated carbocycles. The molecule has 1 fully saturated rings. The van der Waals surface area contributed by atoms with Gasteiger partial charge in [-0.2, -0.15) is 5.10 Å². The zero-order valence-electron chi connectivity index (χ0n) is 18.5. The fourth-order valence-electron chi connectivity index (χ4n) is 4.23. The quantitative estimate of drug-likeness (QED) is 0.582. The molecule has 174 valence electrons. The molecule has 0 aromatic carbocycles. The van der Waals surface area contributed by atoms with Crippen LogP contribution in [0.1, 0.15) is 41.6 Å². The number of hydrogen-bond donors (Lipinski definition) is 0. The van der Waals surface area contributed by atoms with Crippen molar-refractivity contribution in [2.24, 2.45) is 13.0 Å². The van der Waals surface area contributed by atoms with Gasteiger partial charge in [0.25, 0.3) is 11.8 Å². The smallest absolute Gasteiger partial charge is 0.275 e. The lowest BCUT2D eigenvalue weighted by molar-refractivity contribution is -0.0933. The number of likely N-dealkylation sites (tertiary alicyclic amines) is 1. The van der Waals surface area contributed by atoms with Gasteiger partial charge in [0.05, 0.1) is 24.5 Å². The topological polar surface area (TPSA) is 89.7 Å². The van der Waals surface area contributed by atoms with Crippen molar-refractivity contribution < 1.29 is 18.0 Å². The van der Waals surface area contributed by atoms with Crippen LogP contribution in [0.5, 0.6) is 0 Å². The van der Waals surface area contributed by atoms with E-state index in [2.05, 4.69) is 25.0 Å². The molecule has 2 atom stereocenters. The van der Waals surface area contributed by atoms with Gasteiger partial charge in [-0.3, -0.25) is 9.48 Å². The van der Waals surface area contributed by atoms with E-state index in [0.717, 1.165) is 18.0 Å². The Bertz CT molecular complexity index is 1130. The summed E-state index contributed by atoms with van der Waals surface area (Å²) in [6.07, 6.45) is 7.44. The van der Waals surface area contributed by atoms with E-state index >= 15 is 0 Å². The van der Waals surface area contributed by atoms with Gasteiger partial charge in [-0.25, -0.2) is 33.1 Å². The molecule has 0 spiro atoms. The number of carbonyl (C=O) groups is 1. The Morgan fingerprint density at radius 1 is 1.15 bits per heavy atom. The van der Waals surface area contributed by atoms with E-state index in [-0.39, 0.29) is 23.5 Å². The number of amides is 1. The molecule has 0 bridgehead atoms. The number of piperidine rings is 1. The van der Waals surface area contributed by atoms with Crippen LogP contribution >= 0.6 is 0 Å². The third-order valence-electron chi connectivity index (χ3n) is 5.73. The van der Waals surface area contributed by atoms with Gasteiger partial charge in [-0.15, -0.1) is 0 Å². The minimum Gasteiger partial charge on any atom is -0.328 e. The van der Waals surface area contributed by atoms with Gasteiger partial charge in [0.15, 0.2) is 17.3 Å². The maximum Gasteiger partial charge on any atom is 0.275 e. The summed E-state index contributed by atoms with van der Waals surface area (Å²) in [4.78, 5) is 31.1. The van der Waals surface area contributed by atoms with Gasteiger partial charge in [0, 0.05) is 44.5 Å². The molecule has 3 aromatic heterocycles. The fourth-order valence-corrected chi connectivity index (χ4v) is 4.23. The highest BCUT2D eigenvalue weighted by atomic mass is 19.3. The van der Waals surface area contributed by atoms with Crippen LogP contribution in [0, 0.1) is 18.7 Å². The number of rotatable bonds is 5. The fraction of sp³-hybridized carbons (Fsp3) is 0.455. The van der Waals surface area contributed by atoms with E-state index in [1.165, 1.54) is 15.8 Å². The van der Waals surface area contributed by atoms with E-state index in [1.807, 2.05) is 6.92 Å². The molecule has 33 heavy (non-hydrogen) atoms. The molecule has 3 aromatic rings. The first-order chi connectivity index (χ1) is 15.6. The first-order valence-electron chi connectivity index (χ1n) is 10.6. The first-order valence-corrected chi connectivity index (χ1v) is 10.6. The van der Waals surface area contributed by atoms with Crippen molar-refractivity contribution in [3.63, 3.8) is 0 Å².